The molecule has 0 atom stereocenters. The molecule has 0 aliphatic carbocycles. The van der Waals surface area contributed by atoms with Crippen LogP contribution in [-0.4, -0.2) is 48.5 Å². The van der Waals surface area contributed by atoms with E-state index in [0.29, 0.717) is 30.2 Å². The highest BCUT2D eigenvalue weighted by molar-refractivity contribution is 6.45. The van der Waals surface area contributed by atoms with Crippen LogP contribution in [0.15, 0.2) is 23.3 Å². The molecule has 0 spiro atoms. The quantitative estimate of drug-likeness (QED) is 0.418. The second-order valence-corrected chi connectivity index (χ2v) is 5.89. The van der Waals surface area contributed by atoms with Crippen molar-refractivity contribution >= 4 is 40.4 Å². The molecule has 9 heteroatoms. The number of nitrogens with two attached hydrogens (primary N) is 1. The Morgan fingerprint density at radius 3 is 2.64 bits per heavy atom. The minimum Gasteiger partial charge on any atom is -0.382 e. The van der Waals surface area contributed by atoms with Crippen LogP contribution in [0, 0.1) is 16.7 Å². The summed E-state index contributed by atoms with van der Waals surface area (Å²) in [5, 5.41) is 20.3. The molecule has 1 aromatic rings. The lowest BCUT2D eigenvalue weighted by Crippen LogP contribution is -2.48. The van der Waals surface area contributed by atoms with E-state index in [-0.39, 0.29) is 11.6 Å². The van der Waals surface area contributed by atoms with Gasteiger partial charge in [-0.05, 0) is 18.2 Å². The van der Waals surface area contributed by atoms with Crippen LogP contribution in [0.5, 0.6) is 0 Å². The maximum Gasteiger partial charge on any atom is 0.222 e. The first kappa shape index (κ1) is 18.5. The van der Waals surface area contributed by atoms with E-state index in [9.17, 15) is 4.79 Å². The molecule has 1 fully saturated rings. The van der Waals surface area contributed by atoms with Crippen LogP contribution in [0.1, 0.15) is 13.3 Å². The zero-order valence-electron chi connectivity index (χ0n) is 13.9. The van der Waals surface area contributed by atoms with Gasteiger partial charge in [0.1, 0.15) is 6.07 Å². The van der Waals surface area contributed by atoms with Crippen LogP contribution in [0.2, 0.25) is 5.02 Å². The third kappa shape index (κ3) is 4.61. The van der Waals surface area contributed by atoms with Crippen molar-refractivity contribution < 1.29 is 4.79 Å². The first-order valence-corrected chi connectivity index (χ1v) is 8.24. The van der Waals surface area contributed by atoms with Crippen molar-refractivity contribution in [2.75, 3.05) is 36.5 Å². The molecule has 132 valence electrons. The number of halogens is 1. The zero-order valence-corrected chi connectivity index (χ0v) is 14.7. The van der Waals surface area contributed by atoms with Gasteiger partial charge in [0.15, 0.2) is 5.84 Å². The molecule has 1 aromatic carbocycles. The van der Waals surface area contributed by atoms with Crippen molar-refractivity contribution in [2.24, 2.45) is 10.8 Å². The summed E-state index contributed by atoms with van der Waals surface area (Å²) in [6.45, 7) is 4.66. The molecule has 1 aliphatic heterocycles. The van der Waals surface area contributed by atoms with Crippen LogP contribution in [0.3, 0.4) is 0 Å². The van der Waals surface area contributed by atoms with E-state index in [2.05, 4.69) is 15.4 Å². The molecule has 0 radical (unpaired) electrons. The number of benzene rings is 1. The lowest BCUT2D eigenvalue weighted by atomic mass is 10.2. The van der Waals surface area contributed by atoms with Gasteiger partial charge in [0.25, 0.3) is 0 Å². The van der Waals surface area contributed by atoms with E-state index in [1.165, 1.54) is 0 Å². The number of rotatable bonds is 5. The molecular weight excluding hydrogens is 342 g/mol. The van der Waals surface area contributed by atoms with Gasteiger partial charge < -0.3 is 15.5 Å². The Hall–Kier alpha value is -2.79. The summed E-state index contributed by atoms with van der Waals surface area (Å²) in [4.78, 5) is 15.7. The van der Waals surface area contributed by atoms with Gasteiger partial charge in [0.2, 0.25) is 11.6 Å². The Morgan fingerprint density at radius 1 is 1.44 bits per heavy atom. The highest BCUT2D eigenvalue weighted by Crippen LogP contribution is 2.29. The lowest BCUT2D eigenvalue weighted by Gasteiger charge is -2.36. The smallest absolute Gasteiger partial charge is 0.222 e. The molecule has 1 saturated heterocycles. The number of nitrogens with one attached hydrogen (secondary N) is 2. The number of hydrazone groups is 1. The minimum absolute atomic E-state index is 0.168. The number of carbonyl (C=O) groups excluding carboxylic acids is 1. The predicted molar refractivity (Wildman–Crippen MR) is 99.1 cm³/mol. The third-order valence-electron chi connectivity index (χ3n) is 3.88. The molecular formula is C16H20ClN7O. The number of nitrogens with zero attached hydrogens (tertiary/aromatic N) is 4. The van der Waals surface area contributed by atoms with Crippen molar-refractivity contribution in [2.45, 2.75) is 13.3 Å². The highest BCUT2D eigenvalue weighted by Gasteiger charge is 2.21. The summed E-state index contributed by atoms with van der Waals surface area (Å²) in [5.41, 5.74) is 9.17. The average molecular weight is 362 g/mol. The van der Waals surface area contributed by atoms with Gasteiger partial charge in [-0.15, -0.1) is 0 Å². The maximum absolute atomic E-state index is 11.7. The fraction of sp³-hybridized carbons (Fsp3) is 0.375. The lowest BCUT2D eigenvalue weighted by molar-refractivity contribution is -0.131. The van der Waals surface area contributed by atoms with Gasteiger partial charge in [0, 0.05) is 32.6 Å². The Kier molecular flexibility index (Phi) is 6.19. The Labute approximate surface area is 151 Å². The van der Waals surface area contributed by atoms with Gasteiger partial charge >= 0.3 is 0 Å². The number of piperazine rings is 1. The van der Waals surface area contributed by atoms with Crippen molar-refractivity contribution in [3.63, 3.8) is 0 Å². The van der Waals surface area contributed by atoms with Crippen LogP contribution < -0.4 is 16.1 Å². The van der Waals surface area contributed by atoms with Gasteiger partial charge in [-0.1, -0.05) is 18.5 Å². The largest absolute Gasteiger partial charge is 0.382 e. The van der Waals surface area contributed by atoms with Crippen molar-refractivity contribution in [1.82, 2.24) is 4.90 Å². The minimum atomic E-state index is -0.405. The summed E-state index contributed by atoms with van der Waals surface area (Å²) in [6.07, 6.45) is 0.520. The van der Waals surface area contributed by atoms with Gasteiger partial charge in [-0.25, -0.2) is 0 Å². The molecule has 0 bridgehead atoms. The van der Waals surface area contributed by atoms with Gasteiger partial charge in [0.05, 0.1) is 16.4 Å². The van der Waals surface area contributed by atoms with Crippen LogP contribution in [0.4, 0.5) is 11.4 Å². The van der Waals surface area contributed by atoms with E-state index in [4.69, 9.17) is 28.0 Å². The standard InChI is InChI=1S/C16H20ClN7O/c1-2-15(25)24-7-5-23(6-8-24)14-4-3-11(9-12(14)17)21-22-13(10-18)16(19)20/h3-4,9,21H,2,5-8H2,1H3,(H3,19,20)/b22-13+. The number of anilines is 2. The number of hydrogen-bond acceptors (Lipinski definition) is 6. The number of nitriles is 1. The van der Waals surface area contributed by atoms with Crippen molar-refractivity contribution in [3.05, 3.63) is 23.2 Å². The van der Waals surface area contributed by atoms with Crippen molar-refractivity contribution in [1.29, 1.82) is 10.7 Å². The monoisotopic (exact) mass is 361 g/mol. The Morgan fingerprint density at radius 2 is 2.12 bits per heavy atom. The maximum atomic E-state index is 11.7. The first-order chi connectivity index (χ1) is 12.0. The van der Waals surface area contributed by atoms with Crippen LogP contribution >= 0.6 is 11.6 Å². The Bertz CT molecular complexity index is 732. The number of amidine groups is 1. The van der Waals surface area contributed by atoms with E-state index in [1.807, 2.05) is 17.9 Å². The topological polar surface area (TPSA) is 122 Å². The second kappa shape index (κ2) is 8.35. The number of hydrogen-bond donors (Lipinski definition) is 3. The van der Waals surface area contributed by atoms with Gasteiger partial charge in [-0.3, -0.25) is 15.6 Å². The van der Waals surface area contributed by atoms with E-state index < -0.39 is 5.84 Å². The molecule has 2 rings (SSSR count). The number of amides is 1. The first-order valence-electron chi connectivity index (χ1n) is 7.86. The fourth-order valence-corrected chi connectivity index (χ4v) is 2.82. The van der Waals surface area contributed by atoms with Crippen LogP contribution in [-0.2, 0) is 4.79 Å². The molecule has 1 amide bonds. The average Bonchev–Trinajstić information content (AvgIpc) is 2.61. The molecule has 0 saturated carbocycles. The summed E-state index contributed by atoms with van der Waals surface area (Å²) in [5.74, 6) is -0.237. The summed E-state index contributed by atoms with van der Waals surface area (Å²) >= 11 is 6.36. The summed E-state index contributed by atoms with van der Waals surface area (Å²) in [7, 11) is 0. The highest BCUT2D eigenvalue weighted by atomic mass is 35.5. The fourth-order valence-electron chi connectivity index (χ4n) is 2.52. The van der Waals surface area contributed by atoms with Crippen LogP contribution in [0.25, 0.3) is 0 Å². The summed E-state index contributed by atoms with van der Waals surface area (Å²) in [6, 6.07) is 7.07. The molecule has 0 aromatic heterocycles. The van der Waals surface area contributed by atoms with Crippen molar-refractivity contribution in [3.8, 4) is 6.07 Å². The Balaban J connectivity index is 2.04. The molecule has 8 nitrogen and oxygen atoms in total. The molecule has 4 N–H and O–H groups in total. The zero-order chi connectivity index (χ0) is 18.4. The van der Waals surface area contributed by atoms with Gasteiger partial charge in [-0.2, -0.15) is 10.4 Å². The SMILES string of the molecule is CCC(=O)N1CCN(c2ccc(N/N=C(\C#N)C(=N)N)cc2Cl)CC1. The second-order valence-electron chi connectivity index (χ2n) is 5.49. The van der Waals surface area contributed by atoms with E-state index in [1.54, 1.807) is 18.2 Å². The molecule has 0 unspecified atom stereocenters. The van der Waals surface area contributed by atoms with E-state index >= 15 is 0 Å². The normalized spacial score (nSPS) is 14.8. The molecule has 1 aliphatic rings. The molecule has 1 heterocycles. The molecule has 25 heavy (non-hydrogen) atoms. The predicted octanol–water partition coefficient (Wildman–Crippen LogP) is 1.63. The number of carbonyl (C=O) groups is 1. The van der Waals surface area contributed by atoms with E-state index in [0.717, 1.165) is 18.8 Å². The summed E-state index contributed by atoms with van der Waals surface area (Å²) < 4.78 is 0. The third-order valence-corrected chi connectivity index (χ3v) is 4.18.